The van der Waals surface area contributed by atoms with Crippen LogP contribution in [0.4, 0.5) is 0 Å². The largest absolute Gasteiger partial charge is 0.352 e. The smallest absolute Gasteiger partial charge is 0.251 e. The van der Waals surface area contributed by atoms with E-state index >= 15 is 0 Å². The van der Waals surface area contributed by atoms with Crippen LogP contribution in [0.1, 0.15) is 41.6 Å². The number of nitrogens with one attached hydrogen (secondary N) is 1. The molecule has 0 aromatic heterocycles. The average molecular weight is 296 g/mol. The predicted molar refractivity (Wildman–Crippen MR) is 73.2 cm³/mol. The SMILES string of the molecule is Cc1c(Br)cccc1C(=O)NCCCC1CC1. The first-order valence-corrected chi connectivity index (χ1v) is 7.01. The standard InChI is InChI=1S/C14H18BrNO/c1-10-12(5-2-6-13(10)15)14(17)16-9-3-4-11-7-8-11/h2,5-6,11H,3-4,7-9H2,1H3,(H,16,17). The minimum absolute atomic E-state index is 0.0413. The van der Waals surface area contributed by atoms with Gasteiger partial charge in [0.25, 0.3) is 5.91 Å². The van der Waals surface area contributed by atoms with E-state index in [0.29, 0.717) is 0 Å². The Balaban J connectivity index is 1.83. The van der Waals surface area contributed by atoms with E-state index in [4.69, 9.17) is 0 Å². The van der Waals surface area contributed by atoms with Crippen molar-refractivity contribution < 1.29 is 4.79 Å². The maximum absolute atomic E-state index is 11.9. The second-order valence-corrected chi connectivity index (χ2v) is 5.61. The second kappa shape index (κ2) is 5.67. The van der Waals surface area contributed by atoms with Crippen LogP contribution in [-0.4, -0.2) is 12.5 Å². The zero-order chi connectivity index (χ0) is 12.3. The van der Waals surface area contributed by atoms with Gasteiger partial charge in [-0.05, 0) is 43.4 Å². The quantitative estimate of drug-likeness (QED) is 0.825. The molecule has 0 aliphatic heterocycles. The van der Waals surface area contributed by atoms with Gasteiger partial charge < -0.3 is 5.32 Å². The van der Waals surface area contributed by atoms with Crippen molar-refractivity contribution in [3.8, 4) is 0 Å². The van der Waals surface area contributed by atoms with E-state index in [1.807, 2.05) is 25.1 Å². The molecule has 0 radical (unpaired) electrons. The Kier molecular flexibility index (Phi) is 4.21. The van der Waals surface area contributed by atoms with Crippen molar-refractivity contribution in [2.75, 3.05) is 6.54 Å². The summed E-state index contributed by atoms with van der Waals surface area (Å²) in [5.41, 5.74) is 1.78. The molecule has 1 N–H and O–H groups in total. The third-order valence-corrected chi connectivity index (χ3v) is 4.14. The lowest BCUT2D eigenvalue weighted by atomic mass is 10.1. The van der Waals surface area contributed by atoms with Gasteiger partial charge >= 0.3 is 0 Å². The molecule has 0 unspecified atom stereocenters. The van der Waals surface area contributed by atoms with Crippen LogP contribution in [0.25, 0.3) is 0 Å². The summed E-state index contributed by atoms with van der Waals surface area (Å²) >= 11 is 3.44. The summed E-state index contributed by atoms with van der Waals surface area (Å²) in [7, 11) is 0. The summed E-state index contributed by atoms with van der Waals surface area (Å²) in [4.78, 5) is 11.9. The highest BCUT2D eigenvalue weighted by atomic mass is 79.9. The van der Waals surface area contributed by atoms with Gasteiger partial charge in [-0.3, -0.25) is 4.79 Å². The van der Waals surface area contributed by atoms with Crippen molar-refractivity contribution in [2.24, 2.45) is 5.92 Å². The molecule has 1 aromatic carbocycles. The fourth-order valence-corrected chi connectivity index (χ4v) is 2.31. The highest BCUT2D eigenvalue weighted by molar-refractivity contribution is 9.10. The second-order valence-electron chi connectivity index (χ2n) is 4.75. The van der Waals surface area contributed by atoms with Crippen LogP contribution in [-0.2, 0) is 0 Å². The van der Waals surface area contributed by atoms with Gasteiger partial charge in [-0.25, -0.2) is 0 Å². The molecule has 17 heavy (non-hydrogen) atoms. The Labute approximate surface area is 111 Å². The number of carbonyl (C=O) groups is 1. The maximum atomic E-state index is 11.9. The number of amides is 1. The van der Waals surface area contributed by atoms with Gasteiger partial charge in [0, 0.05) is 16.6 Å². The molecular formula is C14H18BrNO. The van der Waals surface area contributed by atoms with E-state index in [0.717, 1.165) is 34.5 Å². The summed E-state index contributed by atoms with van der Waals surface area (Å²) in [5.74, 6) is 0.985. The van der Waals surface area contributed by atoms with Gasteiger partial charge in [-0.1, -0.05) is 34.8 Å². The summed E-state index contributed by atoms with van der Waals surface area (Å²) in [5, 5.41) is 2.99. The summed E-state index contributed by atoms with van der Waals surface area (Å²) in [6, 6.07) is 5.73. The first-order valence-electron chi connectivity index (χ1n) is 6.22. The molecule has 0 bridgehead atoms. The van der Waals surface area contributed by atoms with Crippen molar-refractivity contribution in [2.45, 2.75) is 32.6 Å². The van der Waals surface area contributed by atoms with Gasteiger partial charge in [0.2, 0.25) is 0 Å². The summed E-state index contributed by atoms with van der Waals surface area (Å²) < 4.78 is 0.989. The van der Waals surface area contributed by atoms with Gasteiger partial charge in [0.05, 0.1) is 0 Å². The minimum atomic E-state index is 0.0413. The Hall–Kier alpha value is -0.830. The molecule has 1 aliphatic rings. The van der Waals surface area contributed by atoms with E-state index in [-0.39, 0.29) is 5.91 Å². The lowest BCUT2D eigenvalue weighted by Gasteiger charge is -2.08. The number of hydrogen-bond donors (Lipinski definition) is 1. The van der Waals surface area contributed by atoms with E-state index in [2.05, 4.69) is 21.2 Å². The molecule has 2 rings (SSSR count). The van der Waals surface area contributed by atoms with Gasteiger partial charge in [0.1, 0.15) is 0 Å². The number of benzene rings is 1. The Morgan fingerprint density at radius 3 is 2.94 bits per heavy atom. The molecule has 1 amide bonds. The van der Waals surface area contributed by atoms with Crippen molar-refractivity contribution in [1.82, 2.24) is 5.32 Å². The predicted octanol–water partition coefficient (Wildman–Crippen LogP) is 3.68. The molecule has 0 saturated heterocycles. The first kappa shape index (κ1) is 12.6. The molecule has 1 aromatic rings. The minimum Gasteiger partial charge on any atom is -0.352 e. The fraction of sp³-hybridized carbons (Fsp3) is 0.500. The van der Waals surface area contributed by atoms with Crippen LogP contribution in [0, 0.1) is 12.8 Å². The maximum Gasteiger partial charge on any atom is 0.251 e. The molecule has 0 atom stereocenters. The zero-order valence-electron chi connectivity index (χ0n) is 10.1. The number of halogens is 1. The molecule has 1 fully saturated rings. The number of hydrogen-bond acceptors (Lipinski definition) is 1. The van der Waals surface area contributed by atoms with Crippen LogP contribution in [0.5, 0.6) is 0 Å². The lowest BCUT2D eigenvalue weighted by molar-refractivity contribution is 0.0952. The highest BCUT2D eigenvalue weighted by Gasteiger charge is 2.20. The topological polar surface area (TPSA) is 29.1 Å². The highest BCUT2D eigenvalue weighted by Crippen LogP contribution is 2.33. The van der Waals surface area contributed by atoms with Gasteiger partial charge in [0.15, 0.2) is 0 Å². The Morgan fingerprint density at radius 2 is 2.24 bits per heavy atom. The van der Waals surface area contributed by atoms with Crippen molar-refractivity contribution in [1.29, 1.82) is 0 Å². The average Bonchev–Trinajstić information content (AvgIpc) is 3.12. The van der Waals surface area contributed by atoms with Crippen molar-refractivity contribution in [3.63, 3.8) is 0 Å². The molecule has 0 heterocycles. The lowest BCUT2D eigenvalue weighted by Crippen LogP contribution is -2.25. The molecule has 1 aliphatic carbocycles. The molecule has 2 nitrogen and oxygen atoms in total. The first-order chi connectivity index (χ1) is 8.18. The molecule has 3 heteroatoms. The third-order valence-electron chi connectivity index (χ3n) is 3.28. The van der Waals surface area contributed by atoms with Crippen molar-refractivity contribution in [3.05, 3.63) is 33.8 Å². The summed E-state index contributed by atoms with van der Waals surface area (Å²) in [6.45, 7) is 2.75. The normalized spacial score (nSPS) is 14.7. The van der Waals surface area contributed by atoms with E-state index < -0.39 is 0 Å². The van der Waals surface area contributed by atoms with E-state index in [1.54, 1.807) is 0 Å². The Bertz CT molecular complexity index is 413. The van der Waals surface area contributed by atoms with Crippen LogP contribution < -0.4 is 5.32 Å². The van der Waals surface area contributed by atoms with E-state index in [1.165, 1.54) is 19.3 Å². The monoisotopic (exact) mass is 295 g/mol. The van der Waals surface area contributed by atoms with Crippen LogP contribution in [0.3, 0.4) is 0 Å². The molecule has 92 valence electrons. The van der Waals surface area contributed by atoms with Crippen LogP contribution in [0.2, 0.25) is 0 Å². The molecule has 0 spiro atoms. The third kappa shape index (κ3) is 3.56. The van der Waals surface area contributed by atoms with Crippen LogP contribution in [0.15, 0.2) is 22.7 Å². The molecule has 1 saturated carbocycles. The summed E-state index contributed by atoms with van der Waals surface area (Å²) in [6.07, 6.45) is 5.14. The van der Waals surface area contributed by atoms with Gasteiger partial charge in [-0.2, -0.15) is 0 Å². The fourth-order valence-electron chi connectivity index (χ4n) is 1.95. The van der Waals surface area contributed by atoms with Crippen molar-refractivity contribution >= 4 is 21.8 Å². The Morgan fingerprint density at radius 1 is 1.47 bits per heavy atom. The van der Waals surface area contributed by atoms with E-state index in [9.17, 15) is 4.79 Å². The van der Waals surface area contributed by atoms with Crippen LogP contribution >= 0.6 is 15.9 Å². The zero-order valence-corrected chi connectivity index (χ0v) is 11.7. The number of rotatable bonds is 5. The number of carbonyl (C=O) groups excluding carboxylic acids is 1. The van der Waals surface area contributed by atoms with Gasteiger partial charge in [-0.15, -0.1) is 0 Å². The molecular weight excluding hydrogens is 278 g/mol.